The molecule has 0 fully saturated rings. The first-order valence-electron chi connectivity index (χ1n) is 7.71. The van der Waals surface area contributed by atoms with Gasteiger partial charge in [-0.1, -0.05) is 21.6 Å². The second-order valence-electron chi connectivity index (χ2n) is 5.31. The molecule has 0 rings (SSSR count). The summed E-state index contributed by atoms with van der Waals surface area (Å²) in [4.78, 5) is 68.3. The van der Waals surface area contributed by atoms with Gasteiger partial charge in [-0.15, -0.1) is 0 Å². The topological polar surface area (TPSA) is 213 Å². The van der Waals surface area contributed by atoms with Gasteiger partial charge in [0.15, 0.2) is 0 Å². The van der Waals surface area contributed by atoms with Gasteiger partial charge in [0.2, 0.25) is 11.8 Å². The van der Waals surface area contributed by atoms with E-state index in [4.69, 9.17) is 21.1 Å². The number of hydrogen-bond acceptors (Lipinski definition) is 9. The second-order valence-corrected chi connectivity index (χ2v) is 7.87. The summed E-state index contributed by atoms with van der Waals surface area (Å²) in [5.74, 6) is -7.97. The van der Waals surface area contributed by atoms with E-state index in [1.165, 1.54) is 0 Å². The quantitative estimate of drug-likeness (QED) is 0.0794. The molecule has 166 valence electrons. The largest absolute Gasteiger partial charge is 1.00 e. The molecule has 0 spiro atoms. The van der Waals surface area contributed by atoms with Crippen molar-refractivity contribution >= 4 is 57.3 Å². The van der Waals surface area contributed by atoms with E-state index in [9.17, 15) is 33.9 Å². The Kier molecular flexibility index (Phi) is 33.3. The van der Waals surface area contributed by atoms with E-state index in [2.05, 4.69) is 0 Å². The number of nitrogens with two attached hydrogens (primary N) is 1. The second kappa shape index (κ2) is 24.4. The van der Waals surface area contributed by atoms with Crippen LogP contribution in [0.1, 0.15) is 31.4 Å². The average molecular weight is 536 g/mol. The van der Waals surface area contributed by atoms with E-state index in [-0.39, 0.29) is 135 Å². The van der Waals surface area contributed by atoms with Crippen LogP contribution >= 0.6 is 21.6 Å². The SMILES string of the molecule is N[C@@H](CSSC[C@@H](C(=O)O)N(C(=O)CCC(=O)O)C(=O)CCC(=O)O)C(=O)O.[H-].[H-].[H-].[H-].[Na+].[Na+].[Na+].[Na+]. The van der Waals surface area contributed by atoms with Crippen LogP contribution in [0, 0.1) is 0 Å². The van der Waals surface area contributed by atoms with Gasteiger partial charge in [-0.2, -0.15) is 0 Å². The summed E-state index contributed by atoms with van der Waals surface area (Å²) in [6.45, 7) is 0. The zero-order valence-corrected chi connectivity index (χ0v) is 28.1. The first-order valence-corrected chi connectivity index (χ1v) is 10.2. The number of hydrogen-bond donors (Lipinski definition) is 5. The third-order valence-corrected chi connectivity index (χ3v) is 5.54. The third-order valence-electron chi connectivity index (χ3n) is 3.11. The van der Waals surface area contributed by atoms with Crippen LogP contribution in [0.15, 0.2) is 0 Å². The molecule has 2 atom stereocenters. The van der Waals surface area contributed by atoms with Gasteiger partial charge in [0.25, 0.3) is 0 Å². The molecule has 0 aromatic carbocycles. The van der Waals surface area contributed by atoms with Crippen molar-refractivity contribution in [1.29, 1.82) is 0 Å². The van der Waals surface area contributed by atoms with Crippen LogP contribution < -0.4 is 124 Å². The van der Waals surface area contributed by atoms with Crippen molar-refractivity contribution in [2.75, 3.05) is 11.5 Å². The number of nitrogens with zero attached hydrogens (tertiary/aromatic N) is 1. The van der Waals surface area contributed by atoms with Crippen LogP contribution in [-0.2, 0) is 28.8 Å². The number of rotatable bonds is 14. The number of imide groups is 1. The number of carbonyl (C=O) groups is 6. The molecule has 18 heteroatoms. The van der Waals surface area contributed by atoms with Crippen LogP contribution in [-0.4, -0.2) is 84.6 Å². The fourth-order valence-corrected chi connectivity index (χ4v) is 4.02. The molecule has 32 heavy (non-hydrogen) atoms. The summed E-state index contributed by atoms with van der Waals surface area (Å²) in [7, 11) is 1.78. The van der Waals surface area contributed by atoms with Gasteiger partial charge in [0, 0.05) is 24.3 Å². The molecule has 0 aliphatic carbocycles. The Hall–Kier alpha value is 1.68. The van der Waals surface area contributed by atoms with Crippen LogP contribution in [0.2, 0.25) is 0 Å². The average Bonchev–Trinajstić information content (AvgIpc) is 2.59. The Morgan fingerprint density at radius 2 is 1.06 bits per heavy atom. The summed E-state index contributed by atoms with van der Waals surface area (Å²) >= 11 is 0. The first-order chi connectivity index (χ1) is 13.0. The molecule has 12 nitrogen and oxygen atoms in total. The van der Waals surface area contributed by atoms with Crippen molar-refractivity contribution in [3.63, 3.8) is 0 Å². The maximum absolute atomic E-state index is 12.2. The summed E-state index contributed by atoms with van der Waals surface area (Å²) in [6.07, 6.45) is -2.55. The fraction of sp³-hybridized carbons (Fsp3) is 0.571. The fourth-order valence-electron chi connectivity index (χ4n) is 1.72. The Bertz CT molecular complexity index is 633. The van der Waals surface area contributed by atoms with Crippen LogP contribution in [0.5, 0.6) is 0 Å². The molecule has 2 amide bonds. The molecule has 0 saturated heterocycles. The molecule has 0 unspecified atom stereocenters. The smallest absolute Gasteiger partial charge is 1.00 e. The number of carboxylic acid groups (broad SMARTS) is 4. The monoisotopic (exact) mass is 536 g/mol. The Balaban J connectivity index is -0.000000130. The zero-order chi connectivity index (χ0) is 21.9. The van der Waals surface area contributed by atoms with Crippen molar-refractivity contribution in [3.8, 4) is 0 Å². The molecular formula is C14H24N2Na4O10S2. The molecule has 0 saturated carbocycles. The molecule has 0 heterocycles. The predicted octanol–water partition coefficient (Wildman–Crippen LogP) is -12.2. The van der Waals surface area contributed by atoms with E-state index in [1.54, 1.807) is 0 Å². The molecule has 0 aromatic rings. The van der Waals surface area contributed by atoms with Crippen molar-refractivity contribution < 1.29 is 173 Å². The minimum absolute atomic E-state index is 0. The van der Waals surface area contributed by atoms with Crippen LogP contribution in [0.3, 0.4) is 0 Å². The van der Waals surface area contributed by atoms with Gasteiger partial charge < -0.3 is 31.9 Å². The van der Waals surface area contributed by atoms with Crippen LogP contribution in [0.25, 0.3) is 0 Å². The maximum atomic E-state index is 12.2. The van der Waals surface area contributed by atoms with Gasteiger partial charge >= 0.3 is 142 Å². The first kappa shape index (κ1) is 43.7. The number of aliphatic carboxylic acids is 4. The van der Waals surface area contributed by atoms with E-state index in [1.807, 2.05) is 0 Å². The molecule has 0 aromatic heterocycles. The zero-order valence-electron chi connectivity index (χ0n) is 22.5. The predicted molar refractivity (Wildman–Crippen MR) is 102 cm³/mol. The van der Waals surface area contributed by atoms with Gasteiger partial charge in [0.05, 0.1) is 12.8 Å². The van der Waals surface area contributed by atoms with Gasteiger partial charge in [-0.3, -0.25) is 28.9 Å². The minimum atomic E-state index is -1.68. The van der Waals surface area contributed by atoms with Crippen LogP contribution in [0.4, 0.5) is 0 Å². The number of amides is 2. The number of carboxylic acids is 4. The summed E-state index contributed by atoms with van der Waals surface area (Å²) in [6, 6.07) is -2.87. The molecular weight excluding hydrogens is 512 g/mol. The van der Waals surface area contributed by atoms with Crippen molar-refractivity contribution in [2.45, 2.75) is 37.8 Å². The van der Waals surface area contributed by atoms with E-state index in [0.717, 1.165) is 21.6 Å². The van der Waals surface area contributed by atoms with E-state index >= 15 is 0 Å². The summed E-state index contributed by atoms with van der Waals surface area (Å²) in [5, 5.41) is 35.4. The van der Waals surface area contributed by atoms with Gasteiger partial charge in [-0.05, 0) is 0 Å². The van der Waals surface area contributed by atoms with Crippen molar-refractivity contribution in [2.24, 2.45) is 5.73 Å². The van der Waals surface area contributed by atoms with Gasteiger partial charge in [0.1, 0.15) is 12.1 Å². The number of carbonyl (C=O) groups excluding carboxylic acids is 2. The van der Waals surface area contributed by atoms with E-state index in [0.29, 0.717) is 4.90 Å². The Labute approximate surface area is 286 Å². The molecule has 0 bridgehead atoms. The van der Waals surface area contributed by atoms with Crippen molar-refractivity contribution in [3.05, 3.63) is 0 Å². The maximum Gasteiger partial charge on any atom is 1.00 e. The minimum Gasteiger partial charge on any atom is -1.00 e. The summed E-state index contributed by atoms with van der Waals surface area (Å²) < 4.78 is 0. The molecule has 0 aliphatic heterocycles. The standard InChI is InChI=1S/C14H20N2O10S2.4Na.4H/c15-7(13(23)24)5-27-28-6-8(14(25)26)16(9(17)1-3-11(19)20)10(18)2-4-12(21)22;;;;;;;;/h7-8H,1-6,15H2,(H,19,20)(H,21,22)(H,23,24)(H,25,26);;;;;;;;/q;4*+1;4*-1/t7-,8-;;;;;;;;/m0......../s1. The summed E-state index contributed by atoms with van der Waals surface area (Å²) in [5.41, 5.74) is 5.31. The van der Waals surface area contributed by atoms with E-state index < -0.39 is 73.5 Å². The third kappa shape index (κ3) is 19.9. The Morgan fingerprint density at radius 3 is 1.38 bits per heavy atom. The molecule has 0 aliphatic rings. The molecule has 6 N–H and O–H groups in total. The van der Waals surface area contributed by atoms with Crippen molar-refractivity contribution in [1.82, 2.24) is 4.90 Å². The van der Waals surface area contributed by atoms with Gasteiger partial charge in [-0.25, -0.2) is 4.79 Å². The normalized spacial score (nSPS) is 11.0. The Morgan fingerprint density at radius 1 is 0.688 bits per heavy atom. The molecule has 0 radical (unpaired) electrons.